The molecular formula is C54H38N2. The third-order valence-corrected chi connectivity index (χ3v) is 10.7. The zero-order valence-corrected chi connectivity index (χ0v) is 30.8. The molecule has 264 valence electrons. The Kier molecular flexibility index (Phi) is 8.55. The summed E-state index contributed by atoms with van der Waals surface area (Å²) in [7, 11) is 0. The van der Waals surface area contributed by atoms with E-state index in [4.69, 9.17) is 0 Å². The summed E-state index contributed by atoms with van der Waals surface area (Å²) in [4.78, 5) is 4.79. The highest BCUT2D eigenvalue weighted by Gasteiger charge is 2.21. The first kappa shape index (κ1) is 33.2. The standard InChI is InChI=1S/C54H38N2/c1-5-15-39(16-6-1)41-25-27-45-35-50(31-29-43(45)33-41)55(48-20-9-3-10-21-48)52-37-47-19-13-14-24-53(47)54(38-52)56(49-22-11-4-12-23-49)51-32-30-44-34-42(26-28-46(44)36-51)40-17-7-2-8-18-40/h1-38H. The topological polar surface area (TPSA) is 6.48 Å². The molecule has 0 radical (unpaired) electrons. The lowest BCUT2D eigenvalue weighted by atomic mass is 9.99. The zero-order chi connectivity index (χ0) is 37.3. The second-order valence-corrected chi connectivity index (χ2v) is 14.3. The summed E-state index contributed by atoms with van der Waals surface area (Å²) in [6, 6.07) is 83.2. The van der Waals surface area contributed by atoms with Crippen molar-refractivity contribution in [2.75, 3.05) is 9.80 Å². The van der Waals surface area contributed by atoms with Crippen molar-refractivity contribution in [2.24, 2.45) is 0 Å². The van der Waals surface area contributed by atoms with Crippen LogP contribution in [0.1, 0.15) is 0 Å². The summed E-state index contributed by atoms with van der Waals surface area (Å²) in [5.41, 5.74) is 11.5. The Hall–Kier alpha value is -7.42. The highest BCUT2D eigenvalue weighted by molar-refractivity contribution is 6.04. The molecule has 2 heteroatoms. The minimum Gasteiger partial charge on any atom is -0.310 e. The van der Waals surface area contributed by atoms with Gasteiger partial charge in [0.05, 0.1) is 5.69 Å². The molecule has 10 rings (SSSR count). The van der Waals surface area contributed by atoms with Crippen LogP contribution in [0.2, 0.25) is 0 Å². The molecule has 56 heavy (non-hydrogen) atoms. The van der Waals surface area contributed by atoms with Crippen LogP contribution in [-0.4, -0.2) is 0 Å². The van der Waals surface area contributed by atoms with Crippen molar-refractivity contribution in [3.05, 3.63) is 231 Å². The average Bonchev–Trinajstić information content (AvgIpc) is 3.27. The van der Waals surface area contributed by atoms with E-state index in [0.717, 1.165) is 34.1 Å². The van der Waals surface area contributed by atoms with E-state index in [1.165, 1.54) is 54.6 Å². The minimum absolute atomic E-state index is 1.08. The Labute approximate surface area is 327 Å². The summed E-state index contributed by atoms with van der Waals surface area (Å²) in [6.45, 7) is 0. The Balaban J connectivity index is 1.14. The van der Waals surface area contributed by atoms with Crippen molar-refractivity contribution in [3.63, 3.8) is 0 Å². The van der Waals surface area contributed by atoms with Crippen LogP contribution >= 0.6 is 0 Å². The molecule has 0 aromatic heterocycles. The molecule has 0 aliphatic rings. The van der Waals surface area contributed by atoms with E-state index in [1.807, 2.05) is 0 Å². The first-order chi connectivity index (χ1) is 27.7. The maximum atomic E-state index is 2.41. The van der Waals surface area contributed by atoms with Crippen LogP contribution < -0.4 is 9.80 Å². The van der Waals surface area contributed by atoms with Crippen molar-refractivity contribution in [2.45, 2.75) is 0 Å². The van der Waals surface area contributed by atoms with Crippen LogP contribution in [0.4, 0.5) is 34.1 Å². The molecule has 0 aliphatic heterocycles. The van der Waals surface area contributed by atoms with Gasteiger partial charge in [-0.15, -0.1) is 0 Å². The number of para-hydroxylation sites is 2. The largest absolute Gasteiger partial charge is 0.310 e. The molecule has 0 aliphatic carbocycles. The van der Waals surface area contributed by atoms with Gasteiger partial charge in [0.1, 0.15) is 0 Å². The molecule has 0 spiro atoms. The summed E-state index contributed by atoms with van der Waals surface area (Å²) >= 11 is 0. The zero-order valence-electron chi connectivity index (χ0n) is 30.8. The van der Waals surface area contributed by atoms with Crippen molar-refractivity contribution in [1.29, 1.82) is 0 Å². The van der Waals surface area contributed by atoms with Crippen molar-refractivity contribution in [1.82, 2.24) is 0 Å². The molecule has 0 heterocycles. The fourth-order valence-electron chi connectivity index (χ4n) is 7.98. The van der Waals surface area contributed by atoms with Crippen LogP contribution in [-0.2, 0) is 0 Å². The van der Waals surface area contributed by atoms with Crippen LogP contribution in [0.3, 0.4) is 0 Å². The highest BCUT2D eigenvalue weighted by atomic mass is 15.2. The molecule has 0 N–H and O–H groups in total. The highest BCUT2D eigenvalue weighted by Crippen LogP contribution is 2.45. The lowest BCUT2D eigenvalue weighted by molar-refractivity contribution is 1.27. The van der Waals surface area contributed by atoms with Gasteiger partial charge < -0.3 is 9.80 Å². The number of hydrogen-bond acceptors (Lipinski definition) is 2. The third kappa shape index (κ3) is 6.34. The summed E-state index contributed by atoms with van der Waals surface area (Å²) in [6.07, 6.45) is 0. The Bertz CT molecular complexity index is 2960. The van der Waals surface area contributed by atoms with E-state index < -0.39 is 0 Å². The van der Waals surface area contributed by atoms with E-state index in [1.54, 1.807) is 0 Å². The van der Waals surface area contributed by atoms with Gasteiger partial charge in [-0.25, -0.2) is 0 Å². The average molecular weight is 715 g/mol. The van der Waals surface area contributed by atoms with Crippen LogP contribution in [0.25, 0.3) is 54.6 Å². The number of nitrogens with zero attached hydrogens (tertiary/aromatic N) is 2. The van der Waals surface area contributed by atoms with Crippen LogP contribution in [0.5, 0.6) is 0 Å². The first-order valence-electron chi connectivity index (χ1n) is 19.2. The fourth-order valence-corrected chi connectivity index (χ4v) is 7.98. The van der Waals surface area contributed by atoms with Crippen molar-refractivity contribution < 1.29 is 0 Å². The second kappa shape index (κ2) is 14.4. The van der Waals surface area contributed by atoms with E-state index in [-0.39, 0.29) is 0 Å². The van der Waals surface area contributed by atoms with Gasteiger partial charge >= 0.3 is 0 Å². The molecule has 0 saturated carbocycles. The molecule has 0 fully saturated rings. The van der Waals surface area contributed by atoms with Gasteiger partial charge in [0.15, 0.2) is 0 Å². The van der Waals surface area contributed by atoms with Crippen LogP contribution in [0, 0.1) is 0 Å². The molecule has 0 amide bonds. The van der Waals surface area contributed by atoms with Gasteiger partial charge in [-0.1, -0.05) is 158 Å². The number of fused-ring (bicyclic) bond motifs is 3. The number of benzene rings is 10. The molecule has 0 atom stereocenters. The quantitative estimate of drug-likeness (QED) is 0.155. The lowest BCUT2D eigenvalue weighted by Gasteiger charge is -2.31. The van der Waals surface area contributed by atoms with Gasteiger partial charge in [0, 0.05) is 33.8 Å². The molecule has 0 unspecified atom stereocenters. The maximum Gasteiger partial charge on any atom is 0.0560 e. The van der Waals surface area contributed by atoms with Gasteiger partial charge in [0.25, 0.3) is 0 Å². The van der Waals surface area contributed by atoms with Gasteiger partial charge in [0.2, 0.25) is 0 Å². The number of hydrogen-bond donors (Lipinski definition) is 0. The van der Waals surface area contributed by atoms with E-state index >= 15 is 0 Å². The van der Waals surface area contributed by atoms with Gasteiger partial charge in [-0.05, 0) is 122 Å². The summed E-state index contributed by atoms with van der Waals surface area (Å²) < 4.78 is 0. The van der Waals surface area contributed by atoms with Gasteiger partial charge in [-0.2, -0.15) is 0 Å². The first-order valence-corrected chi connectivity index (χ1v) is 19.2. The Morgan fingerprint density at radius 2 is 0.625 bits per heavy atom. The van der Waals surface area contributed by atoms with E-state index in [0.29, 0.717) is 0 Å². The predicted molar refractivity (Wildman–Crippen MR) is 239 cm³/mol. The molecule has 0 bridgehead atoms. The van der Waals surface area contributed by atoms with Gasteiger partial charge in [-0.3, -0.25) is 0 Å². The van der Waals surface area contributed by atoms with E-state index in [2.05, 4.69) is 240 Å². The smallest absolute Gasteiger partial charge is 0.0560 e. The fraction of sp³-hybridized carbons (Fsp3) is 0. The van der Waals surface area contributed by atoms with E-state index in [9.17, 15) is 0 Å². The minimum atomic E-state index is 1.08. The Morgan fingerprint density at radius 1 is 0.214 bits per heavy atom. The molecule has 0 saturated heterocycles. The monoisotopic (exact) mass is 714 g/mol. The lowest BCUT2D eigenvalue weighted by Crippen LogP contribution is -2.14. The predicted octanol–water partition coefficient (Wildman–Crippen LogP) is 15.4. The SMILES string of the molecule is c1ccc(-c2ccc3cc(N(c4ccccc4)c4cc(N(c5ccccc5)c5ccc6cc(-c7ccccc7)ccc6c5)c5ccccc5c4)ccc3c2)cc1. The van der Waals surface area contributed by atoms with Crippen molar-refractivity contribution in [3.8, 4) is 22.3 Å². The normalized spacial score (nSPS) is 11.2. The molecule has 10 aromatic carbocycles. The second-order valence-electron chi connectivity index (χ2n) is 14.3. The molecule has 10 aromatic rings. The van der Waals surface area contributed by atoms with Crippen LogP contribution in [0.15, 0.2) is 231 Å². The third-order valence-electron chi connectivity index (χ3n) is 10.7. The molecular weight excluding hydrogens is 677 g/mol. The number of rotatable bonds is 8. The summed E-state index contributed by atoms with van der Waals surface area (Å²) in [5, 5.41) is 7.17. The Morgan fingerprint density at radius 3 is 1.18 bits per heavy atom. The maximum absolute atomic E-state index is 2.41. The molecule has 2 nitrogen and oxygen atoms in total. The number of anilines is 6. The summed E-state index contributed by atoms with van der Waals surface area (Å²) in [5.74, 6) is 0. The van der Waals surface area contributed by atoms with Crippen molar-refractivity contribution >= 4 is 66.4 Å².